The van der Waals surface area contributed by atoms with E-state index in [1.54, 1.807) is 25.1 Å². The van der Waals surface area contributed by atoms with Gasteiger partial charge in [0.15, 0.2) is 5.16 Å². The summed E-state index contributed by atoms with van der Waals surface area (Å²) in [4.78, 5) is 42.7. The lowest BCUT2D eigenvalue weighted by Crippen LogP contribution is -2.43. The second kappa shape index (κ2) is 9.99. The van der Waals surface area contributed by atoms with Crippen molar-refractivity contribution < 1.29 is 9.59 Å². The number of nitrogens with one attached hydrogen (secondary N) is 2. The second-order valence-corrected chi connectivity index (χ2v) is 9.56. The van der Waals surface area contributed by atoms with Crippen molar-refractivity contribution in [2.45, 2.75) is 45.0 Å². The van der Waals surface area contributed by atoms with E-state index in [0.717, 1.165) is 22.9 Å². The molecule has 2 N–H and O–H groups in total. The molecular formula is C24H28N4O3S. The number of benzene rings is 2. The van der Waals surface area contributed by atoms with Gasteiger partial charge in [0.1, 0.15) is 0 Å². The minimum atomic E-state index is -0.648. The molecule has 0 saturated heterocycles. The molecule has 3 rings (SSSR count). The van der Waals surface area contributed by atoms with Gasteiger partial charge in [0, 0.05) is 6.54 Å². The molecule has 2 aromatic carbocycles. The fraction of sp³-hybridized carbons (Fsp3) is 0.333. The van der Waals surface area contributed by atoms with E-state index in [4.69, 9.17) is 0 Å². The largest absolute Gasteiger partial charge is 0.338 e. The monoisotopic (exact) mass is 452 g/mol. The molecule has 3 amide bonds. The van der Waals surface area contributed by atoms with E-state index >= 15 is 0 Å². The van der Waals surface area contributed by atoms with Crippen molar-refractivity contribution in [1.82, 2.24) is 20.2 Å². The number of aryl methyl sites for hydroxylation is 2. The Balaban J connectivity index is 1.97. The summed E-state index contributed by atoms with van der Waals surface area (Å²) in [5, 5.41) is 5.27. The molecule has 168 valence electrons. The minimum absolute atomic E-state index is 0.203. The predicted molar refractivity (Wildman–Crippen MR) is 129 cm³/mol. The molecule has 8 heteroatoms. The van der Waals surface area contributed by atoms with Crippen LogP contribution in [0.3, 0.4) is 0 Å². The van der Waals surface area contributed by atoms with Crippen molar-refractivity contribution in [3.8, 4) is 5.69 Å². The number of carbonyl (C=O) groups is 2. The van der Waals surface area contributed by atoms with Crippen molar-refractivity contribution in [3.63, 3.8) is 0 Å². The number of nitrogens with zero attached hydrogens (tertiary/aromatic N) is 2. The lowest BCUT2D eigenvalue weighted by molar-refractivity contribution is -0.119. The van der Waals surface area contributed by atoms with E-state index in [-0.39, 0.29) is 11.5 Å². The number of hydrogen-bond donors (Lipinski definition) is 2. The van der Waals surface area contributed by atoms with Gasteiger partial charge in [0.05, 0.1) is 21.8 Å². The number of rotatable bonds is 6. The molecule has 1 atom stereocenters. The highest BCUT2D eigenvalue weighted by atomic mass is 32.2. The Labute approximate surface area is 191 Å². The Bertz CT molecular complexity index is 1200. The molecule has 0 aliphatic heterocycles. The molecule has 0 radical (unpaired) electrons. The van der Waals surface area contributed by atoms with E-state index in [0.29, 0.717) is 28.3 Å². The van der Waals surface area contributed by atoms with E-state index in [1.807, 2.05) is 52.0 Å². The summed E-state index contributed by atoms with van der Waals surface area (Å²) in [5.74, 6) is -0.178. The zero-order valence-corrected chi connectivity index (χ0v) is 19.7. The first-order chi connectivity index (χ1) is 15.2. The number of hydrogen-bond acceptors (Lipinski definition) is 5. The smallest absolute Gasteiger partial charge is 0.321 e. The standard InChI is InChI=1S/C24H28N4O3S/c1-14(2)13-25-23(31)27-21(29)17(5)32-24-26-20-9-7-6-8-19(20)22(30)28(24)18-11-15(3)10-16(4)12-18/h6-12,14,17H,13H2,1-5H3,(H2,25,27,29,31). The van der Waals surface area contributed by atoms with Crippen molar-refractivity contribution in [1.29, 1.82) is 0 Å². The molecule has 1 aromatic heterocycles. The predicted octanol–water partition coefficient (Wildman–Crippen LogP) is 3.96. The van der Waals surface area contributed by atoms with Crippen molar-refractivity contribution >= 4 is 34.6 Å². The maximum absolute atomic E-state index is 13.4. The first kappa shape index (κ1) is 23.5. The van der Waals surface area contributed by atoms with Gasteiger partial charge in [-0.1, -0.05) is 43.8 Å². The molecule has 0 spiro atoms. The van der Waals surface area contributed by atoms with Crippen LogP contribution >= 0.6 is 11.8 Å². The van der Waals surface area contributed by atoms with E-state index in [9.17, 15) is 14.4 Å². The normalized spacial score (nSPS) is 12.1. The molecule has 3 aromatic rings. The summed E-state index contributed by atoms with van der Waals surface area (Å²) in [6.07, 6.45) is 0. The maximum Gasteiger partial charge on any atom is 0.321 e. The quantitative estimate of drug-likeness (QED) is 0.436. The molecule has 0 fully saturated rings. The fourth-order valence-corrected chi connectivity index (χ4v) is 4.19. The van der Waals surface area contributed by atoms with Crippen LogP contribution in [0.4, 0.5) is 4.79 Å². The maximum atomic E-state index is 13.4. The van der Waals surface area contributed by atoms with Crippen LogP contribution in [0.1, 0.15) is 31.9 Å². The van der Waals surface area contributed by atoms with Gasteiger partial charge < -0.3 is 5.32 Å². The third kappa shape index (κ3) is 5.56. The Morgan fingerprint density at radius 1 is 1.06 bits per heavy atom. The SMILES string of the molecule is Cc1cc(C)cc(-n2c(SC(C)C(=O)NC(=O)NCC(C)C)nc3ccccc3c2=O)c1. The van der Waals surface area contributed by atoms with E-state index in [1.165, 1.54) is 4.57 Å². The first-order valence-corrected chi connectivity index (χ1v) is 11.4. The molecule has 1 unspecified atom stereocenters. The van der Waals surface area contributed by atoms with Crippen LogP contribution in [-0.4, -0.2) is 33.3 Å². The van der Waals surface area contributed by atoms with Crippen LogP contribution < -0.4 is 16.2 Å². The summed E-state index contributed by atoms with van der Waals surface area (Å²) in [5.41, 5.74) is 3.08. The zero-order chi connectivity index (χ0) is 23.4. The molecule has 0 aliphatic rings. The highest BCUT2D eigenvalue weighted by Gasteiger charge is 2.22. The lowest BCUT2D eigenvalue weighted by Gasteiger charge is -2.17. The van der Waals surface area contributed by atoms with Crippen molar-refractivity contribution in [2.75, 3.05) is 6.54 Å². The zero-order valence-electron chi connectivity index (χ0n) is 18.9. The van der Waals surface area contributed by atoms with Crippen LogP contribution in [0.25, 0.3) is 16.6 Å². The number of imide groups is 1. The Kier molecular flexibility index (Phi) is 7.35. The van der Waals surface area contributed by atoms with Crippen LogP contribution in [0.15, 0.2) is 52.4 Å². The minimum Gasteiger partial charge on any atom is -0.338 e. The Morgan fingerprint density at radius 2 is 1.72 bits per heavy atom. The number of urea groups is 1. The summed E-state index contributed by atoms with van der Waals surface area (Å²) in [6, 6.07) is 12.5. The van der Waals surface area contributed by atoms with Gasteiger partial charge in [-0.2, -0.15) is 0 Å². The third-order valence-corrected chi connectivity index (χ3v) is 5.82. The van der Waals surface area contributed by atoms with Gasteiger partial charge in [0.25, 0.3) is 5.56 Å². The van der Waals surface area contributed by atoms with Crippen LogP contribution in [0.5, 0.6) is 0 Å². The number of aromatic nitrogens is 2. The van der Waals surface area contributed by atoms with Crippen LogP contribution in [0, 0.1) is 19.8 Å². The number of para-hydroxylation sites is 1. The summed E-state index contributed by atoms with van der Waals surface area (Å²) >= 11 is 1.14. The first-order valence-electron chi connectivity index (χ1n) is 10.5. The molecule has 32 heavy (non-hydrogen) atoms. The lowest BCUT2D eigenvalue weighted by atomic mass is 10.1. The average Bonchev–Trinajstić information content (AvgIpc) is 2.71. The van der Waals surface area contributed by atoms with Gasteiger partial charge >= 0.3 is 6.03 Å². The summed E-state index contributed by atoms with van der Waals surface area (Å²) < 4.78 is 1.54. The molecule has 7 nitrogen and oxygen atoms in total. The van der Waals surface area contributed by atoms with Gasteiger partial charge in [-0.15, -0.1) is 0 Å². The number of fused-ring (bicyclic) bond motifs is 1. The molecule has 0 aliphatic carbocycles. The van der Waals surface area contributed by atoms with E-state index in [2.05, 4.69) is 15.6 Å². The number of amides is 3. The molecule has 1 heterocycles. The average molecular weight is 453 g/mol. The topological polar surface area (TPSA) is 93.1 Å². The highest BCUT2D eigenvalue weighted by molar-refractivity contribution is 8.00. The second-order valence-electron chi connectivity index (χ2n) is 8.25. The number of carbonyl (C=O) groups excluding carboxylic acids is 2. The van der Waals surface area contributed by atoms with Gasteiger partial charge in [0.2, 0.25) is 5.91 Å². The third-order valence-electron chi connectivity index (χ3n) is 4.77. The van der Waals surface area contributed by atoms with Gasteiger partial charge in [-0.3, -0.25) is 19.5 Å². The van der Waals surface area contributed by atoms with Gasteiger partial charge in [-0.25, -0.2) is 9.78 Å². The van der Waals surface area contributed by atoms with Crippen molar-refractivity contribution in [3.05, 3.63) is 63.9 Å². The van der Waals surface area contributed by atoms with Gasteiger partial charge in [-0.05, 0) is 62.1 Å². The number of thioether (sulfide) groups is 1. The summed E-state index contributed by atoms with van der Waals surface area (Å²) in [6.45, 7) is 10.0. The Hall–Kier alpha value is -3.13. The molecular weight excluding hydrogens is 424 g/mol. The van der Waals surface area contributed by atoms with Crippen LogP contribution in [0.2, 0.25) is 0 Å². The summed E-state index contributed by atoms with van der Waals surface area (Å²) in [7, 11) is 0. The Morgan fingerprint density at radius 3 is 2.38 bits per heavy atom. The molecule has 0 bridgehead atoms. The van der Waals surface area contributed by atoms with E-state index < -0.39 is 17.2 Å². The van der Waals surface area contributed by atoms with Crippen molar-refractivity contribution in [2.24, 2.45) is 5.92 Å². The fourth-order valence-electron chi connectivity index (χ4n) is 3.27. The highest BCUT2D eigenvalue weighted by Crippen LogP contribution is 2.26. The molecule has 0 saturated carbocycles. The van der Waals surface area contributed by atoms with Crippen LogP contribution in [-0.2, 0) is 4.79 Å².